The van der Waals surface area contributed by atoms with Gasteiger partial charge in [-0.25, -0.2) is 4.79 Å². The van der Waals surface area contributed by atoms with Crippen LogP contribution in [0.4, 0.5) is 0 Å². The molecule has 2 rings (SSSR count). The summed E-state index contributed by atoms with van der Waals surface area (Å²) >= 11 is 0. The monoisotopic (exact) mass is 275 g/mol. The molecule has 1 fully saturated rings. The predicted octanol–water partition coefficient (Wildman–Crippen LogP) is 3.44. The molecule has 0 aromatic heterocycles. The first-order chi connectivity index (χ1) is 9.37. The first-order valence-corrected chi connectivity index (χ1v) is 7.38. The normalized spacial score (nSPS) is 26.8. The van der Waals surface area contributed by atoms with Gasteiger partial charge in [-0.2, -0.15) is 0 Å². The molecule has 0 heterocycles. The highest BCUT2D eigenvalue weighted by atomic mass is 16.5. The molecular formula is C17H25NO2. The van der Waals surface area contributed by atoms with E-state index in [1.165, 1.54) is 6.42 Å². The predicted molar refractivity (Wildman–Crippen MR) is 80.0 cm³/mol. The van der Waals surface area contributed by atoms with Crippen molar-refractivity contribution in [2.75, 3.05) is 0 Å². The molecule has 110 valence electrons. The van der Waals surface area contributed by atoms with Crippen LogP contribution in [-0.2, 0) is 9.53 Å². The molecule has 3 heteroatoms. The summed E-state index contributed by atoms with van der Waals surface area (Å²) in [5, 5.41) is 0. The van der Waals surface area contributed by atoms with Gasteiger partial charge < -0.3 is 10.5 Å². The highest BCUT2D eigenvalue weighted by molar-refractivity contribution is 5.77. The van der Waals surface area contributed by atoms with Crippen LogP contribution < -0.4 is 5.73 Å². The molecule has 1 aromatic rings. The molecule has 3 unspecified atom stereocenters. The molecular weight excluding hydrogens is 250 g/mol. The van der Waals surface area contributed by atoms with E-state index in [1.54, 1.807) is 0 Å². The fourth-order valence-electron chi connectivity index (χ4n) is 3.38. The van der Waals surface area contributed by atoms with Crippen molar-refractivity contribution in [1.29, 1.82) is 0 Å². The topological polar surface area (TPSA) is 52.3 Å². The molecule has 0 radical (unpaired) electrons. The number of carbonyl (C=O) groups excluding carboxylic acids is 1. The van der Waals surface area contributed by atoms with Gasteiger partial charge in [-0.15, -0.1) is 0 Å². The zero-order valence-corrected chi connectivity index (χ0v) is 12.6. The Kier molecular flexibility index (Phi) is 4.48. The second kappa shape index (κ2) is 5.96. The van der Waals surface area contributed by atoms with Crippen molar-refractivity contribution in [2.24, 2.45) is 17.1 Å². The Morgan fingerprint density at radius 3 is 2.55 bits per heavy atom. The van der Waals surface area contributed by atoms with E-state index in [0.29, 0.717) is 5.92 Å². The van der Waals surface area contributed by atoms with E-state index >= 15 is 0 Å². The summed E-state index contributed by atoms with van der Waals surface area (Å²) in [6, 6.07) is 8.71. The van der Waals surface area contributed by atoms with Crippen LogP contribution in [0.5, 0.6) is 0 Å². The lowest BCUT2D eigenvalue weighted by Crippen LogP contribution is -2.36. The van der Waals surface area contributed by atoms with Gasteiger partial charge in [-0.3, -0.25) is 0 Å². The Hall–Kier alpha value is -1.35. The Bertz CT molecular complexity index is 455. The van der Waals surface area contributed by atoms with Gasteiger partial charge in [-0.05, 0) is 36.2 Å². The van der Waals surface area contributed by atoms with E-state index in [0.717, 1.165) is 18.4 Å². The second-order valence-corrected chi connectivity index (χ2v) is 6.86. The smallest absolute Gasteiger partial charge is 0.327 e. The Labute approximate surface area is 121 Å². The van der Waals surface area contributed by atoms with Crippen LogP contribution in [0.25, 0.3) is 0 Å². The lowest BCUT2D eigenvalue weighted by Gasteiger charge is -2.38. The van der Waals surface area contributed by atoms with Crippen LogP contribution in [-0.4, -0.2) is 12.1 Å². The summed E-state index contributed by atoms with van der Waals surface area (Å²) < 4.78 is 5.65. The fraction of sp³-hybridized carbons (Fsp3) is 0.588. The number of hydrogen-bond acceptors (Lipinski definition) is 3. The van der Waals surface area contributed by atoms with E-state index in [4.69, 9.17) is 10.5 Å². The largest absolute Gasteiger partial charge is 0.461 e. The lowest BCUT2D eigenvalue weighted by atomic mass is 9.71. The molecule has 0 bridgehead atoms. The van der Waals surface area contributed by atoms with Gasteiger partial charge in [0.05, 0.1) is 0 Å². The van der Waals surface area contributed by atoms with Crippen LogP contribution in [0.3, 0.4) is 0 Å². The summed E-state index contributed by atoms with van der Waals surface area (Å²) in [4.78, 5) is 12.2. The Morgan fingerprint density at radius 2 is 1.95 bits per heavy atom. The van der Waals surface area contributed by atoms with Crippen LogP contribution in [0.15, 0.2) is 30.3 Å². The Balaban J connectivity index is 1.97. The molecule has 3 atom stereocenters. The maximum Gasteiger partial charge on any atom is 0.327 e. The molecule has 0 spiro atoms. The van der Waals surface area contributed by atoms with E-state index < -0.39 is 6.04 Å². The number of esters is 1. The van der Waals surface area contributed by atoms with Crippen molar-refractivity contribution in [2.45, 2.75) is 52.2 Å². The van der Waals surface area contributed by atoms with Crippen molar-refractivity contribution < 1.29 is 9.53 Å². The maximum atomic E-state index is 12.2. The highest BCUT2D eigenvalue weighted by Gasteiger charge is 2.34. The van der Waals surface area contributed by atoms with Crippen molar-refractivity contribution in [1.82, 2.24) is 0 Å². The number of nitrogens with two attached hydrogens (primary N) is 1. The first-order valence-electron chi connectivity index (χ1n) is 7.38. The van der Waals surface area contributed by atoms with Gasteiger partial charge >= 0.3 is 5.97 Å². The first kappa shape index (κ1) is 15.0. The van der Waals surface area contributed by atoms with E-state index in [9.17, 15) is 4.79 Å². The number of hydrogen-bond donors (Lipinski definition) is 1. The minimum Gasteiger partial charge on any atom is -0.461 e. The molecule has 3 nitrogen and oxygen atoms in total. The third-order valence-corrected chi connectivity index (χ3v) is 4.04. The van der Waals surface area contributed by atoms with E-state index in [2.05, 4.69) is 20.8 Å². The molecule has 1 aromatic carbocycles. The maximum absolute atomic E-state index is 12.2. The summed E-state index contributed by atoms with van der Waals surface area (Å²) in [5.41, 5.74) is 7.03. The van der Waals surface area contributed by atoms with Gasteiger partial charge in [0.1, 0.15) is 12.1 Å². The van der Waals surface area contributed by atoms with E-state index in [1.807, 2.05) is 30.3 Å². The summed E-state index contributed by atoms with van der Waals surface area (Å²) in [6.45, 7) is 6.69. The van der Waals surface area contributed by atoms with Gasteiger partial charge in [0.25, 0.3) is 0 Å². The minimum atomic E-state index is -0.684. The summed E-state index contributed by atoms with van der Waals surface area (Å²) in [6.07, 6.45) is 3.04. The number of benzene rings is 1. The van der Waals surface area contributed by atoms with Crippen molar-refractivity contribution in [3.8, 4) is 0 Å². The standard InChI is InChI=1S/C17H25NO2/c1-12-9-14(11-17(2,3)10-12)20-16(19)15(18)13-7-5-4-6-8-13/h4-8,12,14-15H,9-11,18H2,1-3H3. The highest BCUT2D eigenvalue weighted by Crippen LogP contribution is 2.39. The summed E-state index contributed by atoms with van der Waals surface area (Å²) in [7, 11) is 0. The molecule has 0 saturated heterocycles. The zero-order chi connectivity index (χ0) is 14.8. The number of rotatable bonds is 3. The zero-order valence-electron chi connectivity index (χ0n) is 12.6. The number of ether oxygens (including phenoxy) is 1. The SMILES string of the molecule is CC1CC(OC(=O)C(N)c2ccccc2)CC(C)(C)C1. The third kappa shape index (κ3) is 3.83. The van der Waals surface area contributed by atoms with Crippen LogP contribution in [0, 0.1) is 11.3 Å². The van der Waals surface area contributed by atoms with Gasteiger partial charge in [-0.1, -0.05) is 51.1 Å². The molecule has 1 aliphatic carbocycles. The molecule has 20 heavy (non-hydrogen) atoms. The molecule has 1 aliphatic rings. The van der Waals surface area contributed by atoms with Crippen molar-refractivity contribution in [3.05, 3.63) is 35.9 Å². The average Bonchev–Trinajstić information content (AvgIpc) is 2.36. The van der Waals surface area contributed by atoms with Gasteiger partial charge in [0.2, 0.25) is 0 Å². The molecule has 0 aliphatic heterocycles. The Morgan fingerprint density at radius 1 is 1.30 bits per heavy atom. The van der Waals surface area contributed by atoms with Gasteiger partial charge in [0.15, 0.2) is 0 Å². The average molecular weight is 275 g/mol. The molecule has 0 amide bonds. The van der Waals surface area contributed by atoms with Crippen molar-refractivity contribution in [3.63, 3.8) is 0 Å². The van der Waals surface area contributed by atoms with Crippen LogP contribution in [0.1, 0.15) is 51.6 Å². The van der Waals surface area contributed by atoms with Crippen molar-refractivity contribution >= 4 is 5.97 Å². The van der Waals surface area contributed by atoms with Crippen LogP contribution in [0.2, 0.25) is 0 Å². The number of carbonyl (C=O) groups is 1. The third-order valence-electron chi connectivity index (χ3n) is 4.04. The molecule has 1 saturated carbocycles. The minimum absolute atomic E-state index is 0.00369. The lowest BCUT2D eigenvalue weighted by molar-refractivity contribution is -0.155. The van der Waals surface area contributed by atoms with Gasteiger partial charge in [0, 0.05) is 0 Å². The van der Waals surface area contributed by atoms with E-state index in [-0.39, 0.29) is 17.5 Å². The quantitative estimate of drug-likeness (QED) is 0.860. The van der Waals surface area contributed by atoms with Crippen LogP contribution >= 0.6 is 0 Å². The fourth-order valence-corrected chi connectivity index (χ4v) is 3.38. The molecule has 2 N–H and O–H groups in total. The summed E-state index contributed by atoms with van der Waals surface area (Å²) in [5.74, 6) is 0.274. The second-order valence-electron chi connectivity index (χ2n) is 6.86.